The van der Waals surface area contributed by atoms with Gasteiger partial charge < -0.3 is 0 Å². The van der Waals surface area contributed by atoms with Crippen LogP contribution in [-0.4, -0.2) is 21.1 Å². The molecule has 140 valence electrons. The number of aromatic amines is 1. The molecule has 0 radical (unpaired) electrons. The third-order valence-corrected chi connectivity index (χ3v) is 4.85. The molecule has 4 nitrogen and oxygen atoms in total. The van der Waals surface area contributed by atoms with Crippen LogP contribution in [0.25, 0.3) is 11.4 Å². The number of hydrogen-bond acceptors (Lipinski definition) is 3. The van der Waals surface area contributed by atoms with Crippen LogP contribution < -0.4 is 0 Å². The van der Waals surface area contributed by atoms with Crippen LogP contribution in [0.3, 0.4) is 0 Å². The second kappa shape index (κ2) is 7.61. The molecular formula is C22H26N4S. The molecule has 27 heavy (non-hydrogen) atoms. The Hall–Kier alpha value is -2.53. The SMILES string of the molecule is CC(C)c1ccc(C=Nn2c(-c3ccc(C(C)(C)C)cc3)n[nH]c2=S)cc1. The molecule has 0 bridgehead atoms. The Labute approximate surface area is 166 Å². The normalized spacial score (nSPS) is 12.2. The van der Waals surface area contributed by atoms with Gasteiger partial charge in [-0.3, -0.25) is 0 Å². The third-order valence-electron chi connectivity index (χ3n) is 4.58. The smallest absolute Gasteiger partial charge is 0.216 e. The van der Waals surface area contributed by atoms with Gasteiger partial charge in [0.05, 0.1) is 6.21 Å². The van der Waals surface area contributed by atoms with Crippen LogP contribution in [-0.2, 0) is 5.41 Å². The van der Waals surface area contributed by atoms with Gasteiger partial charge in [-0.05, 0) is 40.2 Å². The van der Waals surface area contributed by atoms with E-state index in [-0.39, 0.29) is 5.41 Å². The third kappa shape index (κ3) is 4.42. The van der Waals surface area contributed by atoms with Gasteiger partial charge in [0.25, 0.3) is 0 Å². The standard InChI is InChI=1S/C22H26N4S/c1-15(2)17-8-6-16(7-9-17)14-23-26-20(24-25-21(26)27)18-10-12-19(13-11-18)22(3,4)5/h6-15H,1-5H3,(H,25,27). The molecule has 0 amide bonds. The summed E-state index contributed by atoms with van der Waals surface area (Å²) in [5.74, 6) is 1.22. The van der Waals surface area contributed by atoms with E-state index in [4.69, 9.17) is 12.2 Å². The molecule has 1 heterocycles. The molecule has 1 aromatic heterocycles. The quantitative estimate of drug-likeness (QED) is 0.453. The Bertz CT molecular complexity index is 985. The minimum atomic E-state index is 0.115. The van der Waals surface area contributed by atoms with Crippen LogP contribution in [0.4, 0.5) is 0 Å². The molecule has 0 unspecified atom stereocenters. The largest absolute Gasteiger partial charge is 0.250 e. The predicted octanol–water partition coefficient (Wildman–Crippen LogP) is 5.91. The lowest BCUT2D eigenvalue weighted by Gasteiger charge is -2.18. The monoisotopic (exact) mass is 378 g/mol. The number of benzene rings is 2. The van der Waals surface area contributed by atoms with Gasteiger partial charge in [0, 0.05) is 5.56 Å². The Morgan fingerprint density at radius 2 is 1.67 bits per heavy atom. The van der Waals surface area contributed by atoms with Crippen molar-refractivity contribution in [2.45, 2.75) is 46.0 Å². The second-order valence-electron chi connectivity index (χ2n) is 8.06. The van der Waals surface area contributed by atoms with Gasteiger partial charge >= 0.3 is 0 Å². The second-order valence-corrected chi connectivity index (χ2v) is 8.44. The average Bonchev–Trinajstić information content (AvgIpc) is 3.00. The van der Waals surface area contributed by atoms with Gasteiger partial charge in [0.15, 0.2) is 5.82 Å². The number of rotatable bonds is 4. The predicted molar refractivity (Wildman–Crippen MR) is 115 cm³/mol. The molecule has 0 saturated carbocycles. The van der Waals surface area contributed by atoms with Crippen LogP contribution >= 0.6 is 12.2 Å². The van der Waals surface area contributed by atoms with Gasteiger partial charge in [-0.2, -0.15) is 14.9 Å². The molecule has 0 saturated heterocycles. The van der Waals surface area contributed by atoms with Crippen molar-refractivity contribution in [2.24, 2.45) is 5.10 Å². The summed E-state index contributed by atoms with van der Waals surface area (Å²) in [5.41, 5.74) is 4.70. The molecular weight excluding hydrogens is 352 g/mol. The van der Waals surface area contributed by atoms with E-state index in [0.717, 1.165) is 11.1 Å². The van der Waals surface area contributed by atoms with Gasteiger partial charge in [-0.15, -0.1) is 0 Å². The topological polar surface area (TPSA) is 46.0 Å². The number of aromatic nitrogens is 3. The summed E-state index contributed by atoms with van der Waals surface area (Å²) in [7, 11) is 0. The molecule has 2 aromatic carbocycles. The van der Waals surface area contributed by atoms with Gasteiger partial charge in [0.1, 0.15) is 0 Å². The van der Waals surface area contributed by atoms with Crippen molar-refractivity contribution in [3.8, 4) is 11.4 Å². The minimum absolute atomic E-state index is 0.115. The molecule has 1 N–H and O–H groups in total. The van der Waals surface area contributed by atoms with Crippen LogP contribution in [0.1, 0.15) is 57.2 Å². The highest BCUT2D eigenvalue weighted by molar-refractivity contribution is 7.71. The number of hydrogen-bond donors (Lipinski definition) is 1. The summed E-state index contributed by atoms with van der Waals surface area (Å²) in [6.45, 7) is 11.0. The van der Waals surface area contributed by atoms with E-state index in [0.29, 0.717) is 16.5 Å². The van der Waals surface area contributed by atoms with Gasteiger partial charge in [0.2, 0.25) is 4.77 Å². The molecule has 0 aliphatic heterocycles. The first-order valence-electron chi connectivity index (χ1n) is 9.18. The average molecular weight is 379 g/mol. The number of nitrogens with zero attached hydrogens (tertiary/aromatic N) is 3. The summed E-state index contributed by atoms with van der Waals surface area (Å²) in [6, 6.07) is 16.8. The van der Waals surface area contributed by atoms with Crippen molar-refractivity contribution < 1.29 is 0 Å². The van der Waals surface area contributed by atoms with E-state index in [1.165, 1.54) is 11.1 Å². The maximum atomic E-state index is 5.36. The molecule has 0 aliphatic rings. The van der Waals surface area contributed by atoms with Crippen LogP contribution in [0.5, 0.6) is 0 Å². The first kappa shape index (κ1) is 19.2. The fraction of sp³-hybridized carbons (Fsp3) is 0.318. The zero-order valence-electron chi connectivity index (χ0n) is 16.5. The van der Waals surface area contributed by atoms with Crippen molar-refractivity contribution in [2.75, 3.05) is 0 Å². The maximum Gasteiger partial charge on any atom is 0.216 e. The highest BCUT2D eigenvalue weighted by Crippen LogP contribution is 2.25. The zero-order chi connectivity index (χ0) is 19.6. The summed E-state index contributed by atoms with van der Waals surface area (Å²) >= 11 is 5.36. The summed E-state index contributed by atoms with van der Waals surface area (Å²) in [4.78, 5) is 0. The molecule has 0 spiro atoms. The van der Waals surface area contributed by atoms with E-state index in [1.54, 1.807) is 4.68 Å². The Kier molecular flexibility index (Phi) is 5.42. The lowest BCUT2D eigenvalue weighted by Crippen LogP contribution is -2.10. The Morgan fingerprint density at radius 3 is 2.22 bits per heavy atom. The molecule has 0 atom stereocenters. The maximum absolute atomic E-state index is 5.36. The summed E-state index contributed by atoms with van der Waals surface area (Å²) in [5, 5.41) is 11.8. The lowest BCUT2D eigenvalue weighted by molar-refractivity contribution is 0.590. The first-order chi connectivity index (χ1) is 12.8. The van der Waals surface area contributed by atoms with Crippen molar-refractivity contribution in [3.05, 3.63) is 70.0 Å². The number of H-pyrrole nitrogens is 1. The van der Waals surface area contributed by atoms with Crippen LogP contribution in [0, 0.1) is 4.77 Å². The van der Waals surface area contributed by atoms with Gasteiger partial charge in [-0.25, -0.2) is 5.10 Å². The minimum Gasteiger partial charge on any atom is -0.250 e. The Balaban J connectivity index is 1.90. The van der Waals surface area contributed by atoms with E-state index in [1.807, 2.05) is 6.21 Å². The van der Waals surface area contributed by atoms with E-state index in [9.17, 15) is 0 Å². The summed E-state index contributed by atoms with van der Waals surface area (Å²) < 4.78 is 2.14. The molecule has 0 aliphatic carbocycles. The molecule has 3 aromatic rings. The fourth-order valence-electron chi connectivity index (χ4n) is 2.80. The zero-order valence-corrected chi connectivity index (χ0v) is 17.3. The van der Waals surface area contributed by atoms with E-state index in [2.05, 4.69) is 98.4 Å². The van der Waals surface area contributed by atoms with Crippen LogP contribution in [0.2, 0.25) is 0 Å². The van der Waals surface area contributed by atoms with Gasteiger partial charge in [-0.1, -0.05) is 83.1 Å². The summed E-state index contributed by atoms with van der Waals surface area (Å²) in [6.07, 6.45) is 1.81. The lowest BCUT2D eigenvalue weighted by atomic mass is 9.87. The van der Waals surface area contributed by atoms with Crippen LogP contribution in [0.15, 0.2) is 53.6 Å². The van der Waals surface area contributed by atoms with Crippen molar-refractivity contribution in [1.82, 2.24) is 14.9 Å². The highest BCUT2D eigenvalue weighted by Gasteiger charge is 2.14. The van der Waals surface area contributed by atoms with E-state index < -0.39 is 0 Å². The highest BCUT2D eigenvalue weighted by atomic mass is 32.1. The van der Waals surface area contributed by atoms with Crippen molar-refractivity contribution in [1.29, 1.82) is 0 Å². The molecule has 3 rings (SSSR count). The first-order valence-corrected chi connectivity index (χ1v) is 9.59. The fourth-order valence-corrected chi connectivity index (χ4v) is 2.98. The molecule has 5 heteroatoms. The van der Waals surface area contributed by atoms with Crippen molar-refractivity contribution in [3.63, 3.8) is 0 Å². The number of nitrogens with one attached hydrogen (secondary N) is 1. The Morgan fingerprint density at radius 1 is 1.04 bits per heavy atom. The van der Waals surface area contributed by atoms with E-state index >= 15 is 0 Å². The molecule has 0 fully saturated rings. The van der Waals surface area contributed by atoms with Crippen molar-refractivity contribution >= 4 is 18.4 Å².